The number of imidazole rings is 1. The maximum Gasteiger partial charge on any atom is 0.330 e. The molecule has 190 valence electrons. The maximum absolute atomic E-state index is 13.0. The quantitative estimate of drug-likeness (QED) is 0.218. The first-order valence-electron chi connectivity index (χ1n) is 12.2. The molecule has 1 aliphatic carbocycles. The van der Waals surface area contributed by atoms with Crippen LogP contribution >= 0.6 is 0 Å². The maximum atomic E-state index is 13.0. The molecule has 0 saturated heterocycles. The molecule has 1 aliphatic rings. The van der Waals surface area contributed by atoms with Crippen LogP contribution in [0.3, 0.4) is 0 Å². The largest absolute Gasteiger partial charge is 0.361 e. The molecule has 0 N–H and O–H groups in total. The van der Waals surface area contributed by atoms with Crippen LogP contribution in [0.4, 0.5) is 0 Å². The summed E-state index contributed by atoms with van der Waals surface area (Å²) in [5.74, 6) is 0.433. The van der Waals surface area contributed by atoms with Crippen LogP contribution in [0, 0.1) is 12.8 Å². The Morgan fingerprint density at radius 3 is 2.40 bits per heavy atom. The second-order valence-electron chi connectivity index (χ2n) is 10.9. The van der Waals surface area contributed by atoms with Crippen LogP contribution in [0.2, 0.25) is 25.7 Å². The second-order valence-corrected chi connectivity index (χ2v) is 18.2. The predicted molar refractivity (Wildman–Crippen MR) is 141 cm³/mol. The molecule has 0 bridgehead atoms. The van der Waals surface area contributed by atoms with Gasteiger partial charge in [-0.15, -0.1) is 0 Å². The number of fused-ring (bicyclic) bond motifs is 1. The molecule has 2 aromatic carbocycles. The second kappa shape index (κ2) is 10.0. The van der Waals surface area contributed by atoms with Gasteiger partial charge in [0.2, 0.25) is 0 Å². The van der Waals surface area contributed by atoms with Crippen molar-refractivity contribution in [3.63, 3.8) is 0 Å². The normalized spacial score (nSPS) is 18.7. The Morgan fingerprint density at radius 1 is 1.06 bits per heavy atom. The lowest BCUT2D eigenvalue weighted by molar-refractivity contribution is 0.0873. The third-order valence-electron chi connectivity index (χ3n) is 6.85. The summed E-state index contributed by atoms with van der Waals surface area (Å²) in [4.78, 5) is 13.1. The van der Waals surface area contributed by atoms with Gasteiger partial charge in [0.05, 0.1) is 22.5 Å². The van der Waals surface area contributed by atoms with E-state index in [9.17, 15) is 13.2 Å². The van der Waals surface area contributed by atoms with Gasteiger partial charge >= 0.3 is 5.69 Å². The molecule has 9 heteroatoms. The van der Waals surface area contributed by atoms with E-state index in [0.29, 0.717) is 6.61 Å². The zero-order chi connectivity index (χ0) is 25.4. The lowest BCUT2D eigenvalue weighted by Crippen LogP contribution is -2.28. The van der Waals surface area contributed by atoms with Crippen molar-refractivity contribution in [2.24, 2.45) is 13.0 Å². The van der Waals surface area contributed by atoms with E-state index >= 15 is 0 Å². The van der Waals surface area contributed by atoms with Crippen LogP contribution < -0.4 is 5.69 Å². The first kappa shape index (κ1) is 25.9. The minimum absolute atomic E-state index is 0.0798. The van der Waals surface area contributed by atoms with E-state index in [1.165, 1.54) is 0 Å². The molecule has 1 saturated carbocycles. The van der Waals surface area contributed by atoms with Crippen LogP contribution in [0.5, 0.6) is 0 Å². The Morgan fingerprint density at radius 2 is 1.74 bits per heavy atom. The fourth-order valence-electron chi connectivity index (χ4n) is 4.58. The van der Waals surface area contributed by atoms with E-state index in [2.05, 4.69) is 25.7 Å². The highest BCUT2D eigenvalue weighted by Crippen LogP contribution is 2.44. The number of para-hydroxylation sites is 1. The van der Waals surface area contributed by atoms with E-state index in [4.69, 9.17) is 8.92 Å². The van der Waals surface area contributed by atoms with Crippen molar-refractivity contribution in [3.8, 4) is 0 Å². The summed E-state index contributed by atoms with van der Waals surface area (Å²) in [5, 5.41) is 0. The minimum Gasteiger partial charge on any atom is -0.361 e. The molecule has 0 unspecified atom stereocenters. The molecule has 0 aliphatic heterocycles. The van der Waals surface area contributed by atoms with Gasteiger partial charge in [0.1, 0.15) is 6.73 Å². The summed E-state index contributed by atoms with van der Waals surface area (Å²) >= 11 is 0. The SMILES string of the molecule is Cc1ccc(S(=O)(=O)OC[C@H]2C[C@H](c3cccc4c3n(C)c(=O)n4COCC[Si](C)(C)C)C2)cc1. The Hall–Kier alpha value is -2.20. The van der Waals surface area contributed by atoms with Crippen molar-refractivity contribution in [1.29, 1.82) is 0 Å². The van der Waals surface area contributed by atoms with Gasteiger partial charge in [-0.3, -0.25) is 13.3 Å². The molecule has 0 spiro atoms. The zero-order valence-corrected chi connectivity index (χ0v) is 23.1. The third kappa shape index (κ3) is 5.80. The molecule has 7 nitrogen and oxygen atoms in total. The van der Waals surface area contributed by atoms with E-state index < -0.39 is 18.2 Å². The van der Waals surface area contributed by atoms with Gasteiger partial charge < -0.3 is 4.74 Å². The lowest BCUT2D eigenvalue weighted by Gasteiger charge is -2.35. The lowest BCUT2D eigenvalue weighted by atomic mass is 9.71. The fourth-order valence-corrected chi connectivity index (χ4v) is 6.32. The molecule has 4 rings (SSSR count). The number of aryl methyl sites for hydroxylation is 2. The average Bonchev–Trinajstić information content (AvgIpc) is 3.00. The molecule has 0 atom stereocenters. The summed E-state index contributed by atoms with van der Waals surface area (Å²) in [7, 11) is -3.14. The molecule has 35 heavy (non-hydrogen) atoms. The van der Waals surface area contributed by atoms with Crippen LogP contribution in [0.1, 0.15) is 29.9 Å². The predicted octanol–water partition coefficient (Wildman–Crippen LogP) is 4.86. The summed E-state index contributed by atoms with van der Waals surface area (Å²) in [6.45, 7) is 9.92. The van der Waals surface area contributed by atoms with Crippen LogP contribution in [-0.2, 0) is 32.8 Å². The van der Waals surface area contributed by atoms with Crippen molar-refractivity contribution in [2.75, 3.05) is 13.2 Å². The number of benzene rings is 2. The Bertz CT molecular complexity index is 1350. The van der Waals surface area contributed by atoms with Crippen LogP contribution in [-0.4, -0.2) is 38.8 Å². The number of hydrogen-bond acceptors (Lipinski definition) is 5. The summed E-state index contributed by atoms with van der Waals surface area (Å²) in [6, 6.07) is 13.8. The minimum atomic E-state index is -3.75. The topological polar surface area (TPSA) is 79.5 Å². The third-order valence-corrected chi connectivity index (χ3v) is 9.85. The molecule has 1 aromatic heterocycles. The van der Waals surface area contributed by atoms with E-state index in [1.54, 1.807) is 40.4 Å². The highest BCUT2D eigenvalue weighted by atomic mass is 32.2. The van der Waals surface area contributed by atoms with Crippen LogP contribution in [0.25, 0.3) is 11.0 Å². The van der Waals surface area contributed by atoms with Gasteiger partial charge in [-0.25, -0.2) is 4.79 Å². The van der Waals surface area contributed by atoms with E-state index in [0.717, 1.165) is 41.0 Å². The number of ether oxygens (including phenoxy) is 1. The van der Waals surface area contributed by atoms with Crippen LogP contribution in [0.15, 0.2) is 52.2 Å². The Labute approximate surface area is 208 Å². The summed E-state index contributed by atoms with van der Waals surface area (Å²) in [6.07, 6.45) is 1.66. The number of nitrogens with zero attached hydrogens (tertiary/aromatic N) is 2. The smallest absolute Gasteiger partial charge is 0.330 e. The molecular formula is C26H36N2O5SSi. The fraction of sp³-hybridized carbons (Fsp3) is 0.500. The average molecular weight is 517 g/mol. The molecule has 1 heterocycles. The van der Waals surface area contributed by atoms with Gasteiger partial charge in [-0.05, 0) is 61.4 Å². The highest BCUT2D eigenvalue weighted by molar-refractivity contribution is 7.86. The van der Waals surface area contributed by atoms with Crippen molar-refractivity contribution < 1.29 is 17.3 Å². The molecule has 0 amide bonds. The number of hydrogen-bond donors (Lipinski definition) is 0. The van der Waals surface area contributed by atoms with Gasteiger partial charge in [-0.2, -0.15) is 8.42 Å². The monoisotopic (exact) mass is 516 g/mol. The summed E-state index contributed by atoms with van der Waals surface area (Å²) < 4.78 is 39.6. The molecular weight excluding hydrogens is 480 g/mol. The van der Waals surface area contributed by atoms with E-state index in [1.807, 2.05) is 19.1 Å². The summed E-state index contributed by atoms with van der Waals surface area (Å²) in [5.41, 5.74) is 3.86. The number of rotatable bonds is 10. The van der Waals surface area contributed by atoms with E-state index in [-0.39, 0.29) is 35.8 Å². The zero-order valence-electron chi connectivity index (χ0n) is 21.3. The molecule has 1 fully saturated rings. The van der Waals surface area contributed by atoms with Crippen molar-refractivity contribution in [2.45, 2.75) is 63.0 Å². The number of aromatic nitrogens is 2. The van der Waals surface area contributed by atoms with Gasteiger partial charge in [0.25, 0.3) is 10.1 Å². The Kier molecular flexibility index (Phi) is 7.43. The first-order chi connectivity index (χ1) is 16.5. The highest BCUT2D eigenvalue weighted by Gasteiger charge is 2.34. The molecule has 0 radical (unpaired) electrons. The van der Waals surface area contributed by atoms with Gasteiger partial charge in [0.15, 0.2) is 0 Å². The molecule has 3 aromatic rings. The van der Waals surface area contributed by atoms with Crippen molar-refractivity contribution >= 4 is 29.2 Å². The van der Waals surface area contributed by atoms with Gasteiger partial charge in [-0.1, -0.05) is 49.5 Å². The first-order valence-corrected chi connectivity index (χ1v) is 17.3. The standard InChI is InChI=1S/C26H36N2O5SSi/c1-19-9-11-22(12-10-19)34(30,31)33-17-20-15-21(16-20)23-7-6-8-24-25(23)27(2)26(29)28(24)18-32-13-14-35(3,4)5/h6-12,20-21H,13-18H2,1-5H3/t20-,21-. The van der Waals surface area contributed by atoms with Crippen molar-refractivity contribution in [1.82, 2.24) is 9.13 Å². The van der Waals surface area contributed by atoms with Gasteiger partial charge in [0, 0.05) is 21.7 Å². The Balaban J connectivity index is 1.41. The van der Waals surface area contributed by atoms with Crippen molar-refractivity contribution in [3.05, 3.63) is 64.1 Å².